The molecule has 0 saturated heterocycles. The average Bonchev–Trinajstić information content (AvgIpc) is 3.15. The molecule has 3 rings (SSSR count). The van der Waals surface area contributed by atoms with Gasteiger partial charge in [0, 0.05) is 5.56 Å². The molecule has 1 aromatic heterocycles. The van der Waals surface area contributed by atoms with Crippen molar-refractivity contribution in [1.82, 2.24) is 20.2 Å². The van der Waals surface area contributed by atoms with Crippen LogP contribution in [0.25, 0.3) is 0 Å². The highest BCUT2D eigenvalue weighted by Gasteiger charge is 2.16. The Balaban J connectivity index is 1.68. The quantitative estimate of drug-likeness (QED) is 0.598. The van der Waals surface area contributed by atoms with E-state index in [1.54, 1.807) is 0 Å². The fraction of sp³-hybridized carbons (Fsp3) is 0.400. The average molecular weight is 300 g/mol. The Morgan fingerprint density at radius 2 is 2.09 bits per heavy atom. The normalized spacial score (nSPS) is 13.0. The van der Waals surface area contributed by atoms with Crippen molar-refractivity contribution in [3.63, 3.8) is 0 Å². The van der Waals surface area contributed by atoms with Crippen molar-refractivity contribution in [2.75, 3.05) is 7.11 Å². The van der Waals surface area contributed by atoms with Crippen LogP contribution in [-0.2, 0) is 35.3 Å². The molecule has 0 fully saturated rings. The summed E-state index contributed by atoms with van der Waals surface area (Å²) in [6.07, 6.45) is 3.21. The Hall–Kier alpha value is -2.57. The molecule has 0 N–H and O–H groups in total. The van der Waals surface area contributed by atoms with Gasteiger partial charge in [-0.25, -0.2) is 0 Å². The summed E-state index contributed by atoms with van der Waals surface area (Å²) in [7, 11) is 1.30. The van der Waals surface area contributed by atoms with Crippen molar-refractivity contribution in [3.05, 3.63) is 40.7 Å². The number of methoxy groups -OCH3 is 1. The minimum Gasteiger partial charge on any atom is -0.469 e. The van der Waals surface area contributed by atoms with Crippen LogP contribution in [0.5, 0.6) is 0 Å². The Kier molecular flexibility index (Phi) is 3.95. The number of esters is 1. The van der Waals surface area contributed by atoms with E-state index in [1.807, 2.05) is 18.2 Å². The summed E-state index contributed by atoms with van der Waals surface area (Å²) < 4.78 is 4.53. The molecule has 0 atom stereocenters. The van der Waals surface area contributed by atoms with Gasteiger partial charge in [0.1, 0.15) is 13.0 Å². The number of rotatable bonds is 5. The Bertz CT molecular complexity index is 723. The zero-order valence-electron chi connectivity index (χ0n) is 12.3. The number of fused-ring (bicyclic) bond motifs is 1. The Morgan fingerprint density at radius 3 is 2.91 bits per heavy atom. The predicted molar refractivity (Wildman–Crippen MR) is 76.3 cm³/mol. The molecule has 7 heteroatoms. The molecule has 0 saturated carbocycles. The molecule has 1 heterocycles. The number of Topliss-reactive ketones (excluding diaryl/α,β-unsaturated/α-hetero) is 1. The highest BCUT2D eigenvalue weighted by molar-refractivity contribution is 5.96. The van der Waals surface area contributed by atoms with Gasteiger partial charge >= 0.3 is 5.97 Å². The number of carbonyl (C=O) groups is 2. The largest absolute Gasteiger partial charge is 0.469 e. The monoisotopic (exact) mass is 300 g/mol. The minimum atomic E-state index is -0.440. The third-order valence-electron chi connectivity index (χ3n) is 3.73. The van der Waals surface area contributed by atoms with Gasteiger partial charge in [0.25, 0.3) is 0 Å². The second-order valence-electron chi connectivity index (χ2n) is 5.25. The standard InChI is InChI=1S/C15H16N4O3/c1-22-15(21)8-14-16-18-19(17-14)9-13(20)12-6-5-10-3-2-4-11(10)7-12/h5-7H,2-4,8-9H2,1H3. The molecule has 0 spiro atoms. The third kappa shape index (κ3) is 3.03. The number of hydrogen-bond donors (Lipinski definition) is 0. The fourth-order valence-electron chi connectivity index (χ4n) is 2.58. The van der Waals surface area contributed by atoms with Gasteiger partial charge in [-0.2, -0.15) is 4.80 Å². The first-order chi connectivity index (χ1) is 10.7. The lowest BCUT2D eigenvalue weighted by molar-refractivity contribution is -0.139. The second-order valence-corrected chi connectivity index (χ2v) is 5.25. The van der Waals surface area contributed by atoms with Crippen LogP contribution in [0.4, 0.5) is 0 Å². The van der Waals surface area contributed by atoms with Crippen molar-refractivity contribution in [3.8, 4) is 0 Å². The smallest absolute Gasteiger partial charge is 0.313 e. The summed E-state index contributed by atoms with van der Waals surface area (Å²) >= 11 is 0. The van der Waals surface area contributed by atoms with E-state index in [0.29, 0.717) is 5.56 Å². The topological polar surface area (TPSA) is 87.0 Å². The molecular formula is C15H16N4O3. The number of ether oxygens (including phenoxy) is 1. The lowest BCUT2D eigenvalue weighted by Gasteiger charge is -2.03. The number of tetrazole rings is 1. The van der Waals surface area contributed by atoms with Crippen LogP contribution in [0.2, 0.25) is 0 Å². The van der Waals surface area contributed by atoms with Gasteiger partial charge < -0.3 is 4.74 Å². The van der Waals surface area contributed by atoms with Gasteiger partial charge in [-0.05, 0) is 41.7 Å². The summed E-state index contributed by atoms with van der Waals surface area (Å²) in [5.74, 6) is -0.269. The summed E-state index contributed by atoms with van der Waals surface area (Å²) in [6, 6.07) is 5.82. The summed E-state index contributed by atoms with van der Waals surface area (Å²) in [5, 5.41) is 11.5. The van der Waals surface area contributed by atoms with Crippen molar-refractivity contribution in [2.45, 2.75) is 32.2 Å². The van der Waals surface area contributed by atoms with E-state index in [9.17, 15) is 9.59 Å². The first kappa shape index (κ1) is 14.4. The molecule has 22 heavy (non-hydrogen) atoms. The van der Waals surface area contributed by atoms with Crippen LogP contribution in [-0.4, -0.2) is 39.1 Å². The maximum atomic E-state index is 12.3. The van der Waals surface area contributed by atoms with Crippen molar-refractivity contribution in [2.24, 2.45) is 0 Å². The maximum Gasteiger partial charge on any atom is 0.313 e. The number of aromatic nitrogens is 4. The maximum absolute atomic E-state index is 12.3. The molecule has 0 unspecified atom stereocenters. The lowest BCUT2D eigenvalue weighted by atomic mass is 10.0. The predicted octanol–water partition coefficient (Wildman–Crippen LogP) is 0.760. The molecule has 0 radical (unpaired) electrons. The first-order valence-electron chi connectivity index (χ1n) is 7.14. The van der Waals surface area contributed by atoms with Crippen LogP contribution in [0.3, 0.4) is 0 Å². The molecule has 1 aliphatic carbocycles. The number of nitrogens with zero attached hydrogens (tertiary/aromatic N) is 4. The van der Waals surface area contributed by atoms with Gasteiger partial charge in [0.15, 0.2) is 11.6 Å². The summed E-state index contributed by atoms with van der Waals surface area (Å²) in [5.41, 5.74) is 3.24. The van der Waals surface area contributed by atoms with Crippen LogP contribution in [0.15, 0.2) is 18.2 Å². The van der Waals surface area contributed by atoms with Gasteiger partial charge in [0.2, 0.25) is 0 Å². The number of hydrogen-bond acceptors (Lipinski definition) is 6. The van der Waals surface area contributed by atoms with E-state index >= 15 is 0 Å². The molecule has 1 aliphatic rings. The second kappa shape index (κ2) is 6.05. The van der Waals surface area contributed by atoms with Gasteiger partial charge in [-0.15, -0.1) is 10.2 Å². The zero-order valence-corrected chi connectivity index (χ0v) is 12.3. The zero-order chi connectivity index (χ0) is 15.5. The highest BCUT2D eigenvalue weighted by atomic mass is 16.5. The van der Waals surface area contributed by atoms with E-state index in [-0.39, 0.29) is 24.6 Å². The van der Waals surface area contributed by atoms with Crippen molar-refractivity contribution < 1.29 is 14.3 Å². The van der Waals surface area contributed by atoms with Crippen LogP contribution in [0, 0.1) is 0 Å². The van der Waals surface area contributed by atoms with Crippen molar-refractivity contribution in [1.29, 1.82) is 0 Å². The van der Waals surface area contributed by atoms with Gasteiger partial charge in [-0.1, -0.05) is 12.1 Å². The highest BCUT2D eigenvalue weighted by Crippen LogP contribution is 2.23. The Labute approximate surface area is 127 Å². The number of carbonyl (C=O) groups excluding carboxylic acids is 2. The van der Waals surface area contributed by atoms with E-state index in [4.69, 9.17) is 0 Å². The molecule has 0 amide bonds. The SMILES string of the molecule is COC(=O)Cc1nnn(CC(=O)c2ccc3c(c2)CCC3)n1. The van der Waals surface area contributed by atoms with Crippen LogP contribution < -0.4 is 0 Å². The minimum absolute atomic E-state index is 0.00690. The molecule has 1 aromatic carbocycles. The van der Waals surface area contributed by atoms with E-state index in [2.05, 4.69) is 20.1 Å². The fourth-order valence-corrected chi connectivity index (χ4v) is 2.58. The number of ketones is 1. The molecule has 2 aromatic rings. The molecule has 7 nitrogen and oxygen atoms in total. The molecule has 0 bridgehead atoms. The molecule has 0 aliphatic heterocycles. The summed E-state index contributed by atoms with van der Waals surface area (Å²) in [6.45, 7) is 0.00690. The number of aryl methyl sites for hydroxylation is 2. The van der Waals surface area contributed by atoms with Crippen molar-refractivity contribution >= 4 is 11.8 Å². The molecular weight excluding hydrogens is 284 g/mol. The molecule has 114 valence electrons. The van der Waals surface area contributed by atoms with Gasteiger partial charge in [0.05, 0.1) is 7.11 Å². The van der Waals surface area contributed by atoms with Crippen LogP contribution >= 0.6 is 0 Å². The number of benzene rings is 1. The van der Waals surface area contributed by atoms with Crippen LogP contribution in [0.1, 0.15) is 33.7 Å². The van der Waals surface area contributed by atoms with E-state index < -0.39 is 5.97 Å². The Morgan fingerprint density at radius 1 is 1.27 bits per heavy atom. The lowest BCUT2D eigenvalue weighted by Crippen LogP contribution is -2.14. The van der Waals surface area contributed by atoms with E-state index in [0.717, 1.165) is 19.3 Å². The van der Waals surface area contributed by atoms with Gasteiger partial charge in [-0.3, -0.25) is 9.59 Å². The first-order valence-corrected chi connectivity index (χ1v) is 7.14. The van der Waals surface area contributed by atoms with E-state index in [1.165, 1.54) is 23.0 Å². The third-order valence-corrected chi connectivity index (χ3v) is 3.73. The summed E-state index contributed by atoms with van der Waals surface area (Å²) in [4.78, 5) is 24.6.